The highest BCUT2D eigenvalue weighted by atomic mass is 32.2. The number of carbonyl (C=O) groups is 1. The van der Waals surface area contributed by atoms with Gasteiger partial charge in [0, 0.05) is 37.7 Å². The molecule has 1 aliphatic heterocycles. The molecule has 0 spiro atoms. The van der Waals surface area contributed by atoms with Gasteiger partial charge >= 0.3 is 6.09 Å². The summed E-state index contributed by atoms with van der Waals surface area (Å²) in [5.41, 5.74) is -0.524. The number of carbonyl (C=O) groups excluding carboxylic acids is 1. The lowest BCUT2D eigenvalue weighted by molar-refractivity contribution is 0.0497. The summed E-state index contributed by atoms with van der Waals surface area (Å²) in [6.07, 6.45) is 3.88. The van der Waals surface area contributed by atoms with E-state index >= 15 is 0 Å². The summed E-state index contributed by atoms with van der Waals surface area (Å²) in [4.78, 5) is 23.0. The van der Waals surface area contributed by atoms with E-state index in [-0.39, 0.29) is 10.9 Å². The first kappa shape index (κ1) is 22.8. The Kier molecular flexibility index (Phi) is 6.68. The average molecular weight is 449 g/mol. The molecular formula is C21H28N4O5S. The number of rotatable bonds is 5. The fraction of sp³-hybridized carbons (Fsp3) is 0.476. The number of hydrogen-bond acceptors (Lipinski definition) is 8. The first-order chi connectivity index (χ1) is 14.5. The number of anilines is 1. The molecule has 2 aromatic rings. The number of aromatic nitrogens is 2. The highest BCUT2D eigenvalue weighted by molar-refractivity contribution is 7.90. The summed E-state index contributed by atoms with van der Waals surface area (Å²) in [5, 5.41) is 2.91. The molecule has 0 unspecified atom stereocenters. The molecule has 0 bridgehead atoms. The Hall–Kier alpha value is -2.88. The second-order valence-electron chi connectivity index (χ2n) is 8.45. The van der Waals surface area contributed by atoms with Crippen LogP contribution in [0.4, 0.5) is 10.7 Å². The van der Waals surface area contributed by atoms with Crippen LogP contribution in [-0.2, 0) is 14.6 Å². The van der Waals surface area contributed by atoms with Crippen molar-refractivity contribution >= 4 is 21.9 Å². The van der Waals surface area contributed by atoms with Crippen LogP contribution in [0.5, 0.6) is 11.6 Å². The monoisotopic (exact) mass is 448 g/mol. The van der Waals surface area contributed by atoms with Crippen LogP contribution in [-0.4, -0.2) is 55.5 Å². The maximum atomic E-state index is 12.0. The van der Waals surface area contributed by atoms with Gasteiger partial charge in [0.25, 0.3) is 0 Å². The van der Waals surface area contributed by atoms with E-state index < -0.39 is 21.5 Å². The number of nitrogens with zero attached hydrogens (tertiary/aromatic N) is 3. The number of hydrogen-bond donors (Lipinski definition) is 1. The van der Waals surface area contributed by atoms with E-state index in [0.717, 1.165) is 19.1 Å². The van der Waals surface area contributed by atoms with Crippen molar-refractivity contribution in [1.82, 2.24) is 15.3 Å². The molecule has 31 heavy (non-hydrogen) atoms. The van der Waals surface area contributed by atoms with Crippen molar-refractivity contribution < 1.29 is 22.7 Å². The number of nitrogens with one attached hydrogen (secondary N) is 1. The van der Waals surface area contributed by atoms with Crippen molar-refractivity contribution in [3.05, 3.63) is 36.5 Å². The summed E-state index contributed by atoms with van der Waals surface area (Å²) in [7, 11) is -3.26. The molecule has 2 heterocycles. The van der Waals surface area contributed by atoms with E-state index in [1.54, 1.807) is 24.4 Å². The Bertz CT molecular complexity index is 1010. The van der Waals surface area contributed by atoms with Gasteiger partial charge in [0.2, 0.25) is 11.8 Å². The van der Waals surface area contributed by atoms with Gasteiger partial charge in [-0.05, 0) is 57.9 Å². The van der Waals surface area contributed by atoms with Gasteiger partial charge in [-0.1, -0.05) is 0 Å². The molecule has 10 heteroatoms. The molecule has 1 saturated heterocycles. The Balaban J connectivity index is 1.57. The van der Waals surface area contributed by atoms with E-state index in [2.05, 4.69) is 15.3 Å². The van der Waals surface area contributed by atoms with Crippen molar-refractivity contribution in [3.63, 3.8) is 0 Å². The standard InChI is InChI=1S/C21H28N4O5S/c1-21(2,3)30-20(26)23-15-10-13-25(14-11-15)19-22-12-9-18(24-19)29-16-5-7-17(8-6-16)31(4,27)28/h5-9,12,15H,10-11,13-14H2,1-4H3,(H,23,26). The normalized spacial score (nSPS) is 15.4. The van der Waals surface area contributed by atoms with Gasteiger partial charge in [0.1, 0.15) is 11.4 Å². The minimum absolute atomic E-state index is 0.0406. The molecule has 0 radical (unpaired) electrons. The first-order valence-corrected chi connectivity index (χ1v) is 11.9. The summed E-state index contributed by atoms with van der Waals surface area (Å²) >= 11 is 0. The maximum absolute atomic E-state index is 12.0. The van der Waals surface area contributed by atoms with Gasteiger partial charge in [-0.3, -0.25) is 0 Å². The second-order valence-corrected chi connectivity index (χ2v) is 10.5. The van der Waals surface area contributed by atoms with Crippen LogP contribution in [0.2, 0.25) is 0 Å². The third-order valence-electron chi connectivity index (χ3n) is 4.59. The van der Waals surface area contributed by atoms with E-state index in [1.165, 1.54) is 12.1 Å². The van der Waals surface area contributed by atoms with Gasteiger partial charge < -0.3 is 19.7 Å². The SMILES string of the molecule is CC(C)(C)OC(=O)NC1CCN(c2nccc(Oc3ccc(S(C)(=O)=O)cc3)n2)CC1. The number of alkyl carbamates (subject to hydrolysis) is 1. The number of benzene rings is 1. The molecular weight excluding hydrogens is 420 g/mol. The lowest BCUT2D eigenvalue weighted by Gasteiger charge is -2.32. The third-order valence-corrected chi connectivity index (χ3v) is 5.72. The topological polar surface area (TPSA) is 111 Å². The third kappa shape index (κ3) is 6.81. The predicted molar refractivity (Wildman–Crippen MR) is 116 cm³/mol. The molecule has 0 atom stereocenters. The molecule has 168 valence electrons. The van der Waals surface area contributed by atoms with Gasteiger partial charge in [0.05, 0.1) is 4.90 Å². The van der Waals surface area contributed by atoms with Crippen molar-refractivity contribution in [2.75, 3.05) is 24.2 Å². The predicted octanol–water partition coefficient (Wildman–Crippen LogP) is 3.17. The molecule has 0 saturated carbocycles. The Labute approximate surface area is 182 Å². The number of ether oxygens (including phenoxy) is 2. The molecule has 1 aromatic carbocycles. The molecule has 1 amide bonds. The van der Waals surface area contributed by atoms with E-state index in [9.17, 15) is 13.2 Å². The summed E-state index contributed by atoms with van der Waals surface area (Å²) in [5.74, 6) is 1.39. The Morgan fingerprint density at radius 1 is 1.13 bits per heavy atom. The number of amides is 1. The molecule has 9 nitrogen and oxygen atoms in total. The smallest absolute Gasteiger partial charge is 0.407 e. The molecule has 1 fully saturated rings. The average Bonchev–Trinajstić information content (AvgIpc) is 2.67. The van der Waals surface area contributed by atoms with Crippen LogP contribution in [0, 0.1) is 0 Å². The van der Waals surface area contributed by atoms with Crippen LogP contribution in [0.15, 0.2) is 41.4 Å². The maximum Gasteiger partial charge on any atom is 0.407 e. The van der Waals surface area contributed by atoms with Crippen molar-refractivity contribution in [2.24, 2.45) is 0 Å². The Morgan fingerprint density at radius 3 is 2.35 bits per heavy atom. The summed E-state index contributed by atoms with van der Waals surface area (Å²) in [6.45, 7) is 6.88. The molecule has 3 rings (SSSR count). The minimum atomic E-state index is -3.26. The molecule has 0 aliphatic carbocycles. The van der Waals surface area contributed by atoms with Gasteiger partial charge in [0.15, 0.2) is 9.84 Å². The Morgan fingerprint density at radius 2 is 1.77 bits per heavy atom. The molecule has 1 N–H and O–H groups in total. The second kappa shape index (κ2) is 9.09. The quantitative estimate of drug-likeness (QED) is 0.743. The minimum Gasteiger partial charge on any atom is -0.444 e. The van der Waals surface area contributed by atoms with Crippen LogP contribution < -0.4 is 15.0 Å². The van der Waals surface area contributed by atoms with Gasteiger partial charge in [-0.2, -0.15) is 4.98 Å². The van der Waals surface area contributed by atoms with Crippen LogP contribution >= 0.6 is 0 Å². The van der Waals surface area contributed by atoms with E-state index in [1.807, 2.05) is 25.7 Å². The van der Waals surface area contributed by atoms with Crippen molar-refractivity contribution in [2.45, 2.75) is 50.2 Å². The van der Waals surface area contributed by atoms with Gasteiger partial charge in [-0.15, -0.1) is 0 Å². The fourth-order valence-electron chi connectivity index (χ4n) is 3.12. The molecule has 1 aromatic heterocycles. The zero-order valence-electron chi connectivity index (χ0n) is 18.2. The fourth-order valence-corrected chi connectivity index (χ4v) is 3.75. The lowest BCUT2D eigenvalue weighted by atomic mass is 10.1. The van der Waals surface area contributed by atoms with Crippen LogP contribution in [0.3, 0.4) is 0 Å². The van der Waals surface area contributed by atoms with Crippen molar-refractivity contribution in [3.8, 4) is 11.6 Å². The van der Waals surface area contributed by atoms with Crippen molar-refractivity contribution in [1.29, 1.82) is 0 Å². The number of piperidine rings is 1. The van der Waals surface area contributed by atoms with Crippen LogP contribution in [0.25, 0.3) is 0 Å². The van der Waals surface area contributed by atoms with E-state index in [0.29, 0.717) is 30.7 Å². The summed E-state index contributed by atoms with van der Waals surface area (Å²) < 4.78 is 34.2. The highest BCUT2D eigenvalue weighted by Gasteiger charge is 2.25. The highest BCUT2D eigenvalue weighted by Crippen LogP contribution is 2.24. The molecule has 1 aliphatic rings. The first-order valence-electron chi connectivity index (χ1n) is 10.0. The van der Waals surface area contributed by atoms with Crippen LogP contribution in [0.1, 0.15) is 33.6 Å². The lowest BCUT2D eigenvalue weighted by Crippen LogP contribution is -2.46. The van der Waals surface area contributed by atoms with E-state index in [4.69, 9.17) is 9.47 Å². The zero-order chi connectivity index (χ0) is 22.6. The van der Waals surface area contributed by atoms with Gasteiger partial charge in [-0.25, -0.2) is 18.2 Å². The zero-order valence-corrected chi connectivity index (χ0v) is 19.0. The largest absolute Gasteiger partial charge is 0.444 e. The summed E-state index contributed by atoms with van der Waals surface area (Å²) in [6, 6.07) is 7.85. The number of sulfone groups is 1.